The third-order valence-electron chi connectivity index (χ3n) is 1.11. The van der Waals surface area contributed by atoms with E-state index in [1.54, 1.807) is 0 Å². The van der Waals surface area contributed by atoms with Crippen molar-refractivity contribution in [3.8, 4) is 0 Å². The standard InChI is InChI=1S/C5H11BO4/c6-5(10-8)3-1-2-4-9-7/h5,7-8H,1-4H2. The van der Waals surface area contributed by atoms with Gasteiger partial charge in [-0.15, -0.1) is 0 Å². The second-order valence-electron chi connectivity index (χ2n) is 1.97. The monoisotopic (exact) mass is 146 g/mol. The Hall–Kier alpha value is -0.0951. The summed E-state index contributed by atoms with van der Waals surface area (Å²) in [6.45, 7) is 0.290. The summed E-state index contributed by atoms with van der Waals surface area (Å²) in [6, 6.07) is -0.626. The minimum Gasteiger partial charge on any atom is -0.252 e. The van der Waals surface area contributed by atoms with Crippen molar-refractivity contribution in [2.24, 2.45) is 0 Å². The SMILES string of the molecule is [B]C(CCCCOO)OO. The molecule has 10 heavy (non-hydrogen) atoms. The fourth-order valence-electron chi connectivity index (χ4n) is 0.565. The van der Waals surface area contributed by atoms with Crippen molar-refractivity contribution in [2.75, 3.05) is 6.61 Å². The van der Waals surface area contributed by atoms with E-state index < -0.39 is 6.00 Å². The molecule has 0 rings (SSSR count). The van der Waals surface area contributed by atoms with Crippen LogP contribution in [0.3, 0.4) is 0 Å². The Kier molecular flexibility index (Phi) is 6.95. The Morgan fingerprint density at radius 3 is 2.50 bits per heavy atom. The maximum absolute atomic E-state index is 7.99. The lowest BCUT2D eigenvalue weighted by Crippen LogP contribution is -2.10. The molecule has 5 heteroatoms. The van der Waals surface area contributed by atoms with E-state index in [4.69, 9.17) is 18.4 Å². The third kappa shape index (κ3) is 6.03. The molecule has 1 atom stereocenters. The molecule has 0 fully saturated rings. The predicted octanol–water partition coefficient (Wildman–Crippen LogP) is 0.630. The van der Waals surface area contributed by atoms with Gasteiger partial charge >= 0.3 is 0 Å². The molecule has 2 radical (unpaired) electrons. The van der Waals surface area contributed by atoms with E-state index in [1.807, 2.05) is 0 Å². The minimum atomic E-state index is -0.626. The molecule has 0 spiro atoms. The Bertz CT molecular complexity index is 70.7. The molecule has 0 saturated heterocycles. The van der Waals surface area contributed by atoms with Crippen LogP contribution in [0.15, 0.2) is 0 Å². The highest BCUT2D eigenvalue weighted by molar-refractivity contribution is 6.10. The summed E-state index contributed by atoms with van der Waals surface area (Å²) in [6.07, 6.45) is 2.01. The molecule has 0 aliphatic rings. The van der Waals surface area contributed by atoms with E-state index in [0.29, 0.717) is 12.8 Å². The largest absolute Gasteiger partial charge is 0.252 e. The summed E-state index contributed by atoms with van der Waals surface area (Å²) in [5.41, 5.74) is 0. The second kappa shape index (κ2) is 7.02. The molecular formula is C5H11BO4. The first-order valence-corrected chi connectivity index (χ1v) is 3.13. The van der Waals surface area contributed by atoms with Crippen LogP contribution < -0.4 is 0 Å². The van der Waals surface area contributed by atoms with Crippen LogP contribution in [0.25, 0.3) is 0 Å². The van der Waals surface area contributed by atoms with E-state index in [0.717, 1.165) is 6.42 Å². The van der Waals surface area contributed by atoms with Gasteiger partial charge in [0.05, 0.1) is 12.6 Å². The summed E-state index contributed by atoms with van der Waals surface area (Å²) in [5.74, 6) is 0. The van der Waals surface area contributed by atoms with Crippen LogP contribution in [-0.4, -0.2) is 31.0 Å². The Balaban J connectivity index is 2.89. The lowest BCUT2D eigenvalue weighted by atomic mass is 9.95. The van der Waals surface area contributed by atoms with Crippen LogP contribution in [-0.2, 0) is 9.78 Å². The summed E-state index contributed by atoms with van der Waals surface area (Å²) < 4.78 is 0. The zero-order chi connectivity index (χ0) is 7.82. The van der Waals surface area contributed by atoms with E-state index in [1.165, 1.54) is 0 Å². The van der Waals surface area contributed by atoms with E-state index in [-0.39, 0.29) is 6.61 Å². The maximum atomic E-state index is 7.99. The second-order valence-corrected chi connectivity index (χ2v) is 1.97. The van der Waals surface area contributed by atoms with Gasteiger partial charge in [0.25, 0.3) is 0 Å². The summed E-state index contributed by atoms with van der Waals surface area (Å²) in [7, 11) is 5.18. The molecule has 0 aromatic rings. The van der Waals surface area contributed by atoms with Gasteiger partial charge in [0.1, 0.15) is 7.85 Å². The Morgan fingerprint density at radius 1 is 1.30 bits per heavy atom. The van der Waals surface area contributed by atoms with Crippen molar-refractivity contribution in [3.05, 3.63) is 0 Å². The van der Waals surface area contributed by atoms with E-state index in [9.17, 15) is 0 Å². The van der Waals surface area contributed by atoms with Gasteiger partial charge in [0.15, 0.2) is 0 Å². The van der Waals surface area contributed by atoms with Crippen molar-refractivity contribution in [3.63, 3.8) is 0 Å². The molecule has 0 bridgehead atoms. The Labute approximate surface area is 61.0 Å². The first kappa shape index (κ1) is 9.90. The fourth-order valence-corrected chi connectivity index (χ4v) is 0.565. The van der Waals surface area contributed by atoms with Crippen LogP contribution in [0.4, 0.5) is 0 Å². The van der Waals surface area contributed by atoms with Crippen LogP contribution >= 0.6 is 0 Å². The average Bonchev–Trinajstić information content (AvgIpc) is 1.98. The first-order valence-electron chi connectivity index (χ1n) is 3.13. The van der Waals surface area contributed by atoms with Crippen LogP contribution in [0.5, 0.6) is 0 Å². The predicted molar refractivity (Wildman–Crippen MR) is 35.7 cm³/mol. The molecule has 58 valence electrons. The van der Waals surface area contributed by atoms with Crippen molar-refractivity contribution in [2.45, 2.75) is 25.3 Å². The topological polar surface area (TPSA) is 58.9 Å². The van der Waals surface area contributed by atoms with Crippen LogP contribution in [0.2, 0.25) is 0 Å². The molecule has 0 saturated carbocycles. The van der Waals surface area contributed by atoms with Gasteiger partial charge in [-0.3, -0.25) is 10.5 Å². The zero-order valence-electron chi connectivity index (χ0n) is 5.69. The lowest BCUT2D eigenvalue weighted by Gasteiger charge is -2.05. The molecule has 0 aliphatic heterocycles. The van der Waals surface area contributed by atoms with Crippen molar-refractivity contribution < 1.29 is 20.3 Å². The van der Waals surface area contributed by atoms with Crippen molar-refractivity contribution in [1.29, 1.82) is 0 Å². The highest BCUT2D eigenvalue weighted by Crippen LogP contribution is 1.99. The van der Waals surface area contributed by atoms with Crippen LogP contribution in [0.1, 0.15) is 19.3 Å². The summed E-state index contributed by atoms with van der Waals surface area (Å²) in [5, 5.41) is 15.9. The molecule has 2 N–H and O–H groups in total. The number of hydrogen-bond donors (Lipinski definition) is 2. The number of hydrogen-bond acceptors (Lipinski definition) is 4. The average molecular weight is 146 g/mol. The fraction of sp³-hybridized carbons (Fsp3) is 1.00. The van der Waals surface area contributed by atoms with Gasteiger partial charge in [-0.05, 0) is 19.3 Å². The normalized spacial score (nSPS) is 13.4. The summed E-state index contributed by atoms with van der Waals surface area (Å²) >= 11 is 0. The third-order valence-corrected chi connectivity index (χ3v) is 1.11. The van der Waals surface area contributed by atoms with Crippen LogP contribution in [0, 0.1) is 0 Å². The van der Waals surface area contributed by atoms with Crippen molar-refractivity contribution >= 4 is 7.85 Å². The number of unbranched alkanes of at least 4 members (excludes halogenated alkanes) is 1. The van der Waals surface area contributed by atoms with E-state index >= 15 is 0 Å². The van der Waals surface area contributed by atoms with Gasteiger partial charge < -0.3 is 0 Å². The summed E-state index contributed by atoms with van der Waals surface area (Å²) in [4.78, 5) is 7.62. The van der Waals surface area contributed by atoms with Gasteiger partial charge in [-0.1, -0.05) is 0 Å². The molecular weight excluding hydrogens is 135 g/mol. The highest BCUT2D eigenvalue weighted by Gasteiger charge is 1.99. The lowest BCUT2D eigenvalue weighted by molar-refractivity contribution is -0.259. The highest BCUT2D eigenvalue weighted by atomic mass is 17.1. The number of rotatable bonds is 6. The molecule has 1 unspecified atom stereocenters. The molecule has 0 aliphatic carbocycles. The Morgan fingerprint density at radius 2 is 2.00 bits per heavy atom. The quantitative estimate of drug-likeness (QED) is 0.249. The van der Waals surface area contributed by atoms with Gasteiger partial charge in [0, 0.05) is 0 Å². The van der Waals surface area contributed by atoms with E-state index in [2.05, 4.69) is 9.78 Å². The molecule has 0 aromatic carbocycles. The maximum Gasteiger partial charge on any atom is 0.113 e. The molecule has 0 amide bonds. The zero-order valence-corrected chi connectivity index (χ0v) is 5.69. The smallest absolute Gasteiger partial charge is 0.113 e. The van der Waals surface area contributed by atoms with Crippen molar-refractivity contribution in [1.82, 2.24) is 0 Å². The van der Waals surface area contributed by atoms with Gasteiger partial charge in [-0.25, -0.2) is 9.78 Å². The molecule has 0 aromatic heterocycles. The first-order chi connectivity index (χ1) is 4.81. The van der Waals surface area contributed by atoms with Gasteiger partial charge in [0.2, 0.25) is 0 Å². The van der Waals surface area contributed by atoms with Gasteiger partial charge in [-0.2, -0.15) is 0 Å². The molecule has 0 heterocycles. The molecule has 4 nitrogen and oxygen atoms in total. The minimum absolute atomic E-state index is 0.290.